The molecule has 14 heteroatoms. The molecule has 0 aromatic carbocycles. The monoisotopic (exact) mass is 655 g/mol. The number of hydrogen-bond donors (Lipinski definition) is 2. The maximum Gasteiger partial charge on any atom is 0.351 e. The Balaban J connectivity index is 0.000000163. The first-order valence-electron chi connectivity index (χ1n) is 10.2. The molecule has 2 fully saturated rings. The van der Waals surface area contributed by atoms with Crippen LogP contribution >= 0.6 is 66.3 Å². The molecule has 3 aromatic heterocycles. The maximum atomic E-state index is 11.8. The van der Waals surface area contributed by atoms with E-state index in [2.05, 4.69) is 46.9 Å². The highest BCUT2D eigenvalue weighted by atomic mass is 79.9. The summed E-state index contributed by atoms with van der Waals surface area (Å²) in [4.78, 5) is 29.0. The van der Waals surface area contributed by atoms with E-state index in [1.165, 1.54) is 18.4 Å². The maximum absolute atomic E-state index is 11.8. The molecule has 2 saturated heterocycles. The number of rotatable bonds is 2. The van der Waals surface area contributed by atoms with Gasteiger partial charge in [-0.05, 0) is 31.9 Å². The number of ether oxygens (including phenoxy) is 2. The van der Waals surface area contributed by atoms with Crippen LogP contribution in [0.4, 0.5) is 6.01 Å². The minimum absolute atomic E-state index is 0.0538. The summed E-state index contributed by atoms with van der Waals surface area (Å²) in [6.07, 6.45) is 0. The van der Waals surface area contributed by atoms with Gasteiger partial charge >= 0.3 is 12.0 Å². The number of carbonyl (C=O) groups excluding carboxylic acids is 1. The van der Waals surface area contributed by atoms with Crippen LogP contribution in [0.2, 0.25) is 0 Å². The van der Waals surface area contributed by atoms with Gasteiger partial charge in [-0.15, -0.1) is 22.7 Å². The van der Waals surface area contributed by atoms with E-state index in [1.807, 2.05) is 22.0 Å². The van der Waals surface area contributed by atoms with Crippen LogP contribution in [0.25, 0.3) is 10.3 Å². The summed E-state index contributed by atoms with van der Waals surface area (Å²) < 4.78 is 17.1. The Morgan fingerprint density at radius 3 is 2.38 bits per heavy atom. The molecule has 0 aliphatic carbocycles. The first-order chi connectivity index (χ1) is 16.4. The van der Waals surface area contributed by atoms with Gasteiger partial charge in [-0.1, -0.05) is 0 Å². The first kappa shape index (κ1) is 27.4. The summed E-state index contributed by atoms with van der Waals surface area (Å²) in [7, 11) is 1.27. The zero-order chi connectivity index (χ0) is 24.5. The standard InChI is InChI=1S/C10H9BrN2O2S2.C6H5BrO3S.C4H9NO/c11-6-5-17-8-7(6)15-10(12-9(8)14)13-1-3-16-4-2-13;1-10-6(9)5-4(8)3(7)2-11-5;1-3-6-4-2-5-1/h5H,1-4H2;2,8H,1H3;5H,1-4H2. The molecule has 0 radical (unpaired) electrons. The summed E-state index contributed by atoms with van der Waals surface area (Å²) in [6.45, 7) is 5.60. The van der Waals surface area contributed by atoms with Crippen molar-refractivity contribution in [1.29, 1.82) is 0 Å². The Morgan fingerprint density at radius 2 is 1.85 bits per heavy atom. The number of thioether (sulfide) groups is 1. The summed E-state index contributed by atoms with van der Waals surface area (Å²) in [5, 5.41) is 15.8. The van der Waals surface area contributed by atoms with Crippen molar-refractivity contribution >= 4 is 88.6 Å². The van der Waals surface area contributed by atoms with Crippen LogP contribution < -0.4 is 15.8 Å². The van der Waals surface area contributed by atoms with Gasteiger partial charge in [-0.3, -0.25) is 4.79 Å². The van der Waals surface area contributed by atoms with Gasteiger partial charge in [0, 0.05) is 48.4 Å². The number of anilines is 1. The smallest absolute Gasteiger partial charge is 0.351 e. The van der Waals surface area contributed by atoms with Gasteiger partial charge in [0.2, 0.25) is 0 Å². The van der Waals surface area contributed by atoms with E-state index < -0.39 is 5.97 Å². The summed E-state index contributed by atoms with van der Waals surface area (Å²) in [5.74, 6) is 1.53. The van der Waals surface area contributed by atoms with Crippen molar-refractivity contribution in [3.8, 4) is 5.75 Å². The predicted octanol–water partition coefficient (Wildman–Crippen LogP) is 4.17. The molecule has 0 spiro atoms. The average molecular weight is 657 g/mol. The largest absolute Gasteiger partial charge is 0.505 e. The molecule has 0 saturated carbocycles. The zero-order valence-electron chi connectivity index (χ0n) is 18.2. The number of morpholine rings is 1. The van der Waals surface area contributed by atoms with Gasteiger partial charge in [-0.2, -0.15) is 16.7 Å². The minimum Gasteiger partial charge on any atom is -0.505 e. The highest BCUT2D eigenvalue weighted by Gasteiger charge is 2.18. The molecule has 186 valence electrons. The number of aromatic nitrogens is 1. The lowest BCUT2D eigenvalue weighted by molar-refractivity contribution is 0.0603. The quantitative estimate of drug-likeness (QED) is 0.390. The molecular formula is C20H23Br2N3O6S3. The fourth-order valence-electron chi connectivity index (χ4n) is 2.79. The third-order valence-electron chi connectivity index (χ3n) is 4.51. The molecule has 9 nitrogen and oxygen atoms in total. The third kappa shape index (κ3) is 7.42. The van der Waals surface area contributed by atoms with Crippen LogP contribution in [0.1, 0.15) is 9.67 Å². The van der Waals surface area contributed by atoms with Crippen molar-refractivity contribution in [3.05, 3.63) is 34.9 Å². The van der Waals surface area contributed by atoms with E-state index >= 15 is 0 Å². The summed E-state index contributed by atoms with van der Waals surface area (Å²) >= 11 is 10.9. The lowest BCUT2D eigenvalue weighted by Gasteiger charge is -2.25. The van der Waals surface area contributed by atoms with Crippen LogP contribution in [-0.2, 0) is 9.47 Å². The van der Waals surface area contributed by atoms with Crippen LogP contribution in [0.5, 0.6) is 5.75 Å². The van der Waals surface area contributed by atoms with Crippen molar-refractivity contribution in [2.45, 2.75) is 0 Å². The molecule has 34 heavy (non-hydrogen) atoms. The topological polar surface area (TPSA) is 114 Å². The fraction of sp³-hybridized carbons (Fsp3) is 0.450. The van der Waals surface area contributed by atoms with Crippen molar-refractivity contribution in [3.63, 3.8) is 0 Å². The predicted molar refractivity (Wildman–Crippen MR) is 144 cm³/mol. The number of esters is 1. The highest BCUT2D eigenvalue weighted by molar-refractivity contribution is 9.11. The second kappa shape index (κ2) is 13.8. The van der Waals surface area contributed by atoms with Crippen LogP contribution in [0, 0.1) is 0 Å². The first-order valence-corrected chi connectivity index (χ1v) is 14.7. The number of nitrogens with one attached hydrogen (secondary N) is 1. The molecular weight excluding hydrogens is 634 g/mol. The normalized spacial score (nSPS) is 15.7. The molecule has 0 atom stereocenters. The Morgan fingerprint density at radius 1 is 1.18 bits per heavy atom. The van der Waals surface area contributed by atoms with Gasteiger partial charge in [0.05, 0.1) is 29.3 Å². The summed E-state index contributed by atoms with van der Waals surface area (Å²) in [5.41, 5.74) is 0.415. The van der Waals surface area contributed by atoms with E-state index in [0.29, 0.717) is 20.8 Å². The SMILES string of the molecule is C1COCCN1.COC(=O)c1scc(Br)c1O.O=c1nc(N2CCSCC2)oc2c(Br)csc12. The van der Waals surface area contributed by atoms with E-state index in [1.54, 1.807) is 5.38 Å². The molecule has 2 aliphatic rings. The lowest BCUT2D eigenvalue weighted by Crippen LogP contribution is -2.34. The highest BCUT2D eigenvalue weighted by Crippen LogP contribution is 2.34. The molecule has 5 heterocycles. The number of hydrogen-bond acceptors (Lipinski definition) is 12. The van der Waals surface area contributed by atoms with Crippen molar-refractivity contribution in [1.82, 2.24) is 10.3 Å². The zero-order valence-corrected chi connectivity index (χ0v) is 23.8. The second-order valence-corrected chi connectivity index (χ2v) is 11.5. The average Bonchev–Trinajstić information content (AvgIpc) is 3.43. The van der Waals surface area contributed by atoms with Crippen LogP contribution in [0.15, 0.2) is 28.9 Å². The molecule has 0 unspecified atom stereocenters. The van der Waals surface area contributed by atoms with Crippen LogP contribution in [0.3, 0.4) is 0 Å². The third-order valence-corrected chi connectivity index (χ3v) is 9.15. The molecule has 0 amide bonds. The van der Waals surface area contributed by atoms with E-state index in [0.717, 1.165) is 66.7 Å². The number of nitrogens with zero attached hydrogens (tertiary/aromatic N) is 2. The number of thiophene rings is 2. The van der Waals surface area contributed by atoms with E-state index in [-0.39, 0.29) is 16.2 Å². The van der Waals surface area contributed by atoms with Crippen molar-refractivity contribution in [2.24, 2.45) is 0 Å². The van der Waals surface area contributed by atoms with E-state index in [4.69, 9.17) is 9.15 Å². The van der Waals surface area contributed by atoms with Gasteiger partial charge in [0.15, 0.2) is 16.2 Å². The number of halogens is 2. The second-order valence-electron chi connectivity index (χ2n) is 6.76. The van der Waals surface area contributed by atoms with Gasteiger partial charge in [0.25, 0.3) is 5.56 Å². The Bertz CT molecular complexity index is 1130. The van der Waals surface area contributed by atoms with E-state index in [9.17, 15) is 14.7 Å². The Hall–Kier alpha value is -1.16. The van der Waals surface area contributed by atoms with Gasteiger partial charge in [0.1, 0.15) is 4.70 Å². The Labute approximate surface area is 225 Å². The molecule has 0 bridgehead atoms. The van der Waals surface area contributed by atoms with Crippen LogP contribution in [-0.4, -0.2) is 74.1 Å². The van der Waals surface area contributed by atoms with Crippen molar-refractivity contribution in [2.75, 3.05) is 62.9 Å². The molecule has 5 rings (SSSR count). The lowest BCUT2D eigenvalue weighted by atomic mass is 10.4. The van der Waals surface area contributed by atoms with Gasteiger partial charge < -0.3 is 29.2 Å². The molecule has 3 aromatic rings. The summed E-state index contributed by atoms with van der Waals surface area (Å²) in [6, 6.07) is 0.446. The minimum atomic E-state index is -0.516. The van der Waals surface area contributed by atoms with Crippen molar-refractivity contribution < 1.29 is 23.8 Å². The molecule has 2 aliphatic heterocycles. The number of methoxy groups -OCH3 is 1. The molecule has 2 N–H and O–H groups in total. The fourth-order valence-corrected chi connectivity index (χ4v) is 6.47. The number of carbonyl (C=O) groups is 1. The number of fused-ring (bicyclic) bond motifs is 1. The van der Waals surface area contributed by atoms with Gasteiger partial charge in [-0.25, -0.2) is 4.79 Å². The Kier molecular flexibility index (Phi) is 11.1. The number of aromatic hydroxyl groups is 1.